The highest BCUT2D eigenvalue weighted by atomic mass is 35.5. The second-order valence-electron chi connectivity index (χ2n) is 4.29. The summed E-state index contributed by atoms with van der Waals surface area (Å²) in [6.07, 6.45) is 0. The number of likely N-dealkylation sites (N-methyl/N-ethyl adjacent to an activating group) is 1. The van der Waals surface area contributed by atoms with Gasteiger partial charge in [0, 0.05) is 13.1 Å². The van der Waals surface area contributed by atoms with Crippen LogP contribution in [0, 0.1) is 6.92 Å². The molecule has 5 heteroatoms. The van der Waals surface area contributed by atoms with Gasteiger partial charge in [0.25, 0.3) is 0 Å². The van der Waals surface area contributed by atoms with Gasteiger partial charge in [-0.3, -0.25) is 0 Å². The van der Waals surface area contributed by atoms with Gasteiger partial charge in [0.05, 0.1) is 15.2 Å². The van der Waals surface area contributed by atoms with Crippen LogP contribution in [0.3, 0.4) is 0 Å². The fourth-order valence-corrected chi connectivity index (χ4v) is 2.81. The zero-order chi connectivity index (χ0) is 12.4. The highest BCUT2D eigenvalue weighted by Crippen LogP contribution is 2.33. The van der Waals surface area contributed by atoms with Gasteiger partial charge in [-0.25, -0.2) is 4.98 Å². The number of halogens is 1. The summed E-state index contributed by atoms with van der Waals surface area (Å²) in [5.41, 5.74) is 2.18. The Labute approximate surface area is 110 Å². The fraction of sp³-hybridized carbons (Fsp3) is 0.417. The maximum atomic E-state index is 6.16. The van der Waals surface area contributed by atoms with Crippen molar-refractivity contribution in [3.8, 4) is 0 Å². The van der Waals surface area contributed by atoms with Gasteiger partial charge in [-0.1, -0.05) is 29.0 Å². The number of nitrogens with zero attached hydrogens (tertiary/aromatic N) is 2. The molecule has 17 heavy (non-hydrogen) atoms. The highest BCUT2D eigenvalue weighted by Gasteiger charge is 2.08. The molecular weight excluding hydrogens is 254 g/mol. The zero-order valence-electron chi connectivity index (χ0n) is 10.2. The van der Waals surface area contributed by atoms with Crippen molar-refractivity contribution in [3.63, 3.8) is 0 Å². The molecule has 1 heterocycles. The van der Waals surface area contributed by atoms with Crippen molar-refractivity contribution in [1.82, 2.24) is 9.88 Å². The van der Waals surface area contributed by atoms with Crippen LogP contribution < -0.4 is 5.32 Å². The van der Waals surface area contributed by atoms with Gasteiger partial charge >= 0.3 is 0 Å². The monoisotopic (exact) mass is 269 g/mol. The quantitative estimate of drug-likeness (QED) is 0.924. The molecule has 2 rings (SSSR count). The van der Waals surface area contributed by atoms with Gasteiger partial charge in [0.1, 0.15) is 0 Å². The molecule has 0 atom stereocenters. The van der Waals surface area contributed by atoms with E-state index in [9.17, 15) is 0 Å². The van der Waals surface area contributed by atoms with E-state index in [2.05, 4.69) is 36.2 Å². The number of fused-ring (bicyclic) bond motifs is 1. The third-order valence-corrected chi connectivity index (χ3v) is 4.01. The minimum Gasteiger partial charge on any atom is -0.360 e. The first-order chi connectivity index (χ1) is 8.08. The molecule has 0 unspecified atom stereocenters. The first-order valence-corrected chi connectivity index (χ1v) is 6.71. The van der Waals surface area contributed by atoms with Crippen LogP contribution in [0.1, 0.15) is 5.56 Å². The molecule has 0 aliphatic carbocycles. The molecule has 0 aliphatic rings. The highest BCUT2D eigenvalue weighted by molar-refractivity contribution is 7.22. The maximum Gasteiger partial charge on any atom is 0.183 e. The smallest absolute Gasteiger partial charge is 0.183 e. The van der Waals surface area contributed by atoms with Crippen molar-refractivity contribution >= 4 is 38.3 Å². The summed E-state index contributed by atoms with van der Waals surface area (Å²) in [5, 5.41) is 5.05. The van der Waals surface area contributed by atoms with E-state index in [1.165, 1.54) is 5.56 Å². The number of thiazole rings is 1. The molecule has 92 valence electrons. The molecule has 1 N–H and O–H groups in total. The van der Waals surface area contributed by atoms with Gasteiger partial charge in [0.15, 0.2) is 5.13 Å². The molecule has 0 aliphatic heterocycles. The average molecular weight is 270 g/mol. The van der Waals surface area contributed by atoms with E-state index >= 15 is 0 Å². The Morgan fingerprint density at radius 1 is 1.41 bits per heavy atom. The van der Waals surface area contributed by atoms with Gasteiger partial charge in [-0.2, -0.15) is 0 Å². The number of anilines is 1. The Morgan fingerprint density at radius 3 is 2.82 bits per heavy atom. The van der Waals surface area contributed by atoms with E-state index < -0.39 is 0 Å². The Bertz CT molecular complexity index is 483. The number of nitrogens with one attached hydrogen (secondary N) is 1. The van der Waals surface area contributed by atoms with Crippen molar-refractivity contribution < 1.29 is 0 Å². The number of hydrogen-bond donors (Lipinski definition) is 1. The summed E-state index contributed by atoms with van der Waals surface area (Å²) in [7, 11) is 4.11. The molecule has 0 saturated heterocycles. The van der Waals surface area contributed by atoms with E-state index in [-0.39, 0.29) is 0 Å². The first-order valence-electron chi connectivity index (χ1n) is 5.52. The number of benzene rings is 1. The maximum absolute atomic E-state index is 6.16. The minimum atomic E-state index is 0.781. The summed E-state index contributed by atoms with van der Waals surface area (Å²) in [6, 6.07) is 3.94. The molecule has 0 fully saturated rings. The zero-order valence-corrected chi connectivity index (χ0v) is 11.8. The van der Waals surface area contributed by atoms with E-state index in [4.69, 9.17) is 11.6 Å². The van der Waals surface area contributed by atoms with E-state index in [1.807, 2.05) is 12.1 Å². The topological polar surface area (TPSA) is 28.2 Å². The molecule has 0 amide bonds. The third-order valence-electron chi connectivity index (χ3n) is 2.53. The van der Waals surface area contributed by atoms with Crippen molar-refractivity contribution in [1.29, 1.82) is 0 Å². The van der Waals surface area contributed by atoms with E-state index in [1.54, 1.807) is 11.3 Å². The lowest BCUT2D eigenvalue weighted by atomic mass is 10.2. The molecular formula is C12H16ClN3S. The molecule has 1 aromatic heterocycles. The Hall–Kier alpha value is -0.840. The molecule has 2 aromatic rings. The summed E-state index contributed by atoms with van der Waals surface area (Å²) in [6.45, 7) is 3.94. The predicted octanol–water partition coefficient (Wildman–Crippen LogP) is 3.23. The van der Waals surface area contributed by atoms with Crippen LogP contribution in [-0.2, 0) is 0 Å². The van der Waals surface area contributed by atoms with Crippen LogP contribution in [0.4, 0.5) is 5.13 Å². The van der Waals surface area contributed by atoms with Gasteiger partial charge in [-0.05, 0) is 32.6 Å². The largest absolute Gasteiger partial charge is 0.360 e. The van der Waals surface area contributed by atoms with Gasteiger partial charge in [0.2, 0.25) is 0 Å². The Kier molecular flexibility index (Phi) is 3.86. The molecule has 1 aromatic carbocycles. The van der Waals surface area contributed by atoms with Crippen LogP contribution >= 0.6 is 22.9 Å². The number of aryl methyl sites for hydroxylation is 1. The molecule has 3 nitrogen and oxygen atoms in total. The number of rotatable bonds is 4. The normalized spacial score (nSPS) is 11.4. The third kappa shape index (κ3) is 2.89. The lowest BCUT2D eigenvalue weighted by Crippen LogP contribution is -2.20. The molecule has 0 bridgehead atoms. The summed E-state index contributed by atoms with van der Waals surface area (Å²) in [4.78, 5) is 6.71. The predicted molar refractivity (Wildman–Crippen MR) is 76.4 cm³/mol. The molecule has 0 spiro atoms. The van der Waals surface area contributed by atoms with Gasteiger partial charge in [-0.15, -0.1) is 0 Å². The summed E-state index contributed by atoms with van der Waals surface area (Å²) < 4.78 is 1.07. The van der Waals surface area contributed by atoms with E-state index in [0.29, 0.717) is 0 Å². The SMILES string of the molecule is Cc1ccc(Cl)c2sc(NCCN(C)C)nc12. The second kappa shape index (κ2) is 5.21. The van der Waals surface area contributed by atoms with Crippen LogP contribution in [-0.4, -0.2) is 37.1 Å². The van der Waals surface area contributed by atoms with Crippen molar-refractivity contribution in [2.45, 2.75) is 6.92 Å². The van der Waals surface area contributed by atoms with Gasteiger partial charge < -0.3 is 10.2 Å². The average Bonchev–Trinajstić information content (AvgIpc) is 2.68. The van der Waals surface area contributed by atoms with Crippen LogP contribution in [0.5, 0.6) is 0 Å². The molecule has 0 radical (unpaired) electrons. The summed E-state index contributed by atoms with van der Waals surface area (Å²) in [5.74, 6) is 0. The van der Waals surface area contributed by atoms with Crippen LogP contribution in [0.25, 0.3) is 10.2 Å². The number of hydrogen-bond acceptors (Lipinski definition) is 4. The Balaban J connectivity index is 2.20. The van der Waals surface area contributed by atoms with E-state index in [0.717, 1.165) is 33.5 Å². The lowest BCUT2D eigenvalue weighted by molar-refractivity contribution is 0.425. The fourth-order valence-electron chi connectivity index (χ4n) is 1.56. The van der Waals surface area contributed by atoms with Crippen molar-refractivity contribution in [2.24, 2.45) is 0 Å². The van der Waals surface area contributed by atoms with Crippen LogP contribution in [0.2, 0.25) is 5.02 Å². The Morgan fingerprint density at radius 2 is 2.18 bits per heavy atom. The summed E-state index contributed by atoms with van der Waals surface area (Å²) >= 11 is 7.78. The number of aromatic nitrogens is 1. The first kappa shape index (κ1) is 12.6. The van der Waals surface area contributed by atoms with Crippen molar-refractivity contribution in [2.75, 3.05) is 32.5 Å². The standard InChI is InChI=1S/C12H16ClN3S/c1-8-4-5-9(13)11-10(8)15-12(17-11)14-6-7-16(2)3/h4-5H,6-7H2,1-3H3,(H,14,15). The second-order valence-corrected chi connectivity index (χ2v) is 5.70. The lowest BCUT2D eigenvalue weighted by Gasteiger charge is -2.08. The van der Waals surface area contributed by atoms with Crippen LogP contribution in [0.15, 0.2) is 12.1 Å². The van der Waals surface area contributed by atoms with Crippen molar-refractivity contribution in [3.05, 3.63) is 22.7 Å². The molecule has 0 saturated carbocycles. The minimum absolute atomic E-state index is 0.781.